The maximum atomic E-state index is 13.7. The van der Waals surface area contributed by atoms with Crippen molar-refractivity contribution in [2.75, 3.05) is 0 Å². The van der Waals surface area contributed by atoms with E-state index in [1.54, 1.807) is 30.3 Å². The highest BCUT2D eigenvalue weighted by Crippen LogP contribution is 2.31. The number of rotatable bonds is 9. The summed E-state index contributed by atoms with van der Waals surface area (Å²) in [6, 6.07) is 10.9. The molecule has 2 aromatic rings. The van der Waals surface area contributed by atoms with Crippen LogP contribution in [0.15, 0.2) is 53.6 Å². The number of phenols is 1. The smallest absolute Gasteiger partial charge is 0.342 e. The van der Waals surface area contributed by atoms with Gasteiger partial charge in [0.15, 0.2) is 6.10 Å². The number of nitrogens with one attached hydrogen (secondary N) is 1. The summed E-state index contributed by atoms with van der Waals surface area (Å²) >= 11 is 0. The van der Waals surface area contributed by atoms with Crippen LogP contribution in [0.4, 0.5) is 0 Å². The largest absolute Gasteiger partial charge is 0.507 e. The molecule has 2 N–H and O–H groups in total. The molecule has 2 aromatic carbocycles. The molecule has 204 valence electrons. The van der Waals surface area contributed by atoms with Crippen molar-refractivity contribution in [1.29, 1.82) is 0 Å². The van der Waals surface area contributed by atoms with Crippen LogP contribution in [-0.2, 0) is 30.2 Å². The van der Waals surface area contributed by atoms with E-state index in [0.29, 0.717) is 12.0 Å². The summed E-state index contributed by atoms with van der Waals surface area (Å²) in [7, 11) is 0. The average Bonchev–Trinajstić information content (AvgIpc) is 3.26. The zero-order valence-corrected chi connectivity index (χ0v) is 21.4. The van der Waals surface area contributed by atoms with Crippen LogP contribution in [-0.4, -0.2) is 59.3 Å². The van der Waals surface area contributed by atoms with Crippen LogP contribution >= 0.6 is 0 Å². The van der Waals surface area contributed by atoms with Gasteiger partial charge in [-0.2, -0.15) is 0 Å². The van der Waals surface area contributed by atoms with Crippen LogP contribution in [0.5, 0.6) is 5.75 Å². The lowest BCUT2D eigenvalue weighted by atomic mass is 9.90. The second kappa shape index (κ2) is 11.9. The van der Waals surface area contributed by atoms with Crippen LogP contribution in [0.1, 0.15) is 53.0 Å². The predicted molar refractivity (Wildman–Crippen MR) is 135 cm³/mol. The van der Waals surface area contributed by atoms with E-state index in [2.05, 4.69) is 15.3 Å². The molecule has 0 saturated carbocycles. The Kier molecular flexibility index (Phi) is 8.36. The molecule has 0 aromatic heterocycles. The van der Waals surface area contributed by atoms with Crippen LogP contribution in [0, 0.1) is 5.92 Å². The molecule has 2 aliphatic rings. The van der Waals surface area contributed by atoms with Gasteiger partial charge in [0, 0.05) is 11.3 Å². The SMILES string of the molecule is CC(C)C[C@H](NC(=O)[C@@H](OC(=O)c1ccccc1)[C@H]1OC(=O)C[C@@H]1N=[N+]=[N-])[C@@H]1Cc2cccc(O)c2C(=O)O1. The standard InChI is InChI=1S/C27H28N4O8/c1-14(2)11-17(20-12-16-9-6-10-19(32)22(16)27(36)37-20)29-25(34)24(23-18(30-31-28)13-21(33)38-23)39-26(35)15-7-4-3-5-8-15/h3-10,14,17-18,20,23-24,32H,11-13H2,1-2H3,(H,29,34)/t17-,18-,20-,23-,24-/m0/s1. The number of ether oxygens (including phenoxy) is 3. The molecule has 0 radical (unpaired) electrons. The molecule has 2 heterocycles. The van der Waals surface area contributed by atoms with E-state index in [0.717, 1.165) is 0 Å². The van der Waals surface area contributed by atoms with E-state index in [1.807, 2.05) is 13.8 Å². The molecule has 2 aliphatic heterocycles. The van der Waals surface area contributed by atoms with Crippen LogP contribution in [0.3, 0.4) is 0 Å². The Hall–Kier alpha value is -4.57. The van der Waals surface area contributed by atoms with E-state index < -0.39 is 54.2 Å². The van der Waals surface area contributed by atoms with Gasteiger partial charge in [-0.1, -0.05) is 49.3 Å². The van der Waals surface area contributed by atoms with Crippen molar-refractivity contribution in [1.82, 2.24) is 5.32 Å². The number of carbonyl (C=O) groups excluding carboxylic acids is 4. The molecular formula is C27H28N4O8. The van der Waals surface area contributed by atoms with Crippen molar-refractivity contribution in [3.8, 4) is 5.75 Å². The molecule has 1 amide bonds. The Labute approximate surface area is 223 Å². The van der Waals surface area contributed by atoms with Gasteiger partial charge in [0.1, 0.15) is 17.4 Å². The summed E-state index contributed by atoms with van der Waals surface area (Å²) in [5, 5.41) is 16.5. The van der Waals surface area contributed by atoms with Gasteiger partial charge in [-0.15, -0.1) is 0 Å². The average molecular weight is 537 g/mol. The molecule has 12 heteroatoms. The zero-order chi connectivity index (χ0) is 28.1. The predicted octanol–water partition coefficient (Wildman–Crippen LogP) is 3.22. The lowest BCUT2D eigenvalue weighted by molar-refractivity contribution is -0.151. The maximum Gasteiger partial charge on any atom is 0.342 e. The number of aromatic hydroxyl groups is 1. The first-order valence-corrected chi connectivity index (χ1v) is 12.5. The highest BCUT2D eigenvalue weighted by Gasteiger charge is 2.46. The van der Waals surface area contributed by atoms with Gasteiger partial charge in [0.2, 0.25) is 6.10 Å². The molecule has 1 saturated heterocycles. The van der Waals surface area contributed by atoms with Crippen molar-refractivity contribution in [3.63, 3.8) is 0 Å². The van der Waals surface area contributed by atoms with Gasteiger partial charge >= 0.3 is 17.9 Å². The summed E-state index contributed by atoms with van der Waals surface area (Å²) < 4.78 is 16.4. The number of hydrogen-bond donors (Lipinski definition) is 2. The molecule has 5 atom stereocenters. The quantitative estimate of drug-likeness (QED) is 0.161. The van der Waals surface area contributed by atoms with Gasteiger partial charge in [0.05, 0.1) is 24.1 Å². The lowest BCUT2D eigenvalue weighted by Crippen LogP contribution is -2.55. The number of phenolic OH excluding ortho intramolecular Hbond substituents is 1. The first kappa shape index (κ1) is 27.5. The Morgan fingerprint density at radius 1 is 1.13 bits per heavy atom. The number of benzene rings is 2. The number of cyclic esters (lactones) is 2. The zero-order valence-electron chi connectivity index (χ0n) is 21.4. The van der Waals surface area contributed by atoms with E-state index in [9.17, 15) is 24.3 Å². The Balaban J connectivity index is 1.62. The summed E-state index contributed by atoms with van der Waals surface area (Å²) in [6.45, 7) is 3.85. The summed E-state index contributed by atoms with van der Waals surface area (Å²) in [4.78, 5) is 54.1. The van der Waals surface area contributed by atoms with Crippen molar-refractivity contribution in [3.05, 3.63) is 75.7 Å². The molecule has 0 bridgehead atoms. The molecule has 1 fully saturated rings. The Bertz CT molecular complexity index is 1310. The second-order valence-corrected chi connectivity index (χ2v) is 9.83. The second-order valence-electron chi connectivity index (χ2n) is 9.83. The molecule has 39 heavy (non-hydrogen) atoms. The number of azide groups is 1. The van der Waals surface area contributed by atoms with E-state index in [-0.39, 0.29) is 35.6 Å². The minimum atomic E-state index is -1.65. The van der Waals surface area contributed by atoms with Crippen molar-refractivity contribution < 1.29 is 38.5 Å². The van der Waals surface area contributed by atoms with Crippen molar-refractivity contribution in [2.24, 2.45) is 11.0 Å². The topological polar surface area (TPSA) is 177 Å². The van der Waals surface area contributed by atoms with Gasteiger partial charge in [-0.05, 0) is 41.6 Å². The fourth-order valence-corrected chi connectivity index (χ4v) is 4.78. The summed E-state index contributed by atoms with van der Waals surface area (Å²) in [5.41, 5.74) is 9.78. The van der Waals surface area contributed by atoms with E-state index >= 15 is 0 Å². The fraction of sp³-hybridized carbons (Fsp3) is 0.407. The molecular weight excluding hydrogens is 508 g/mol. The molecule has 0 aliphatic carbocycles. The van der Waals surface area contributed by atoms with Gasteiger partial charge in [0.25, 0.3) is 5.91 Å². The van der Waals surface area contributed by atoms with Crippen molar-refractivity contribution >= 4 is 23.8 Å². The first-order chi connectivity index (χ1) is 18.7. The van der Waals surface area contributed by atoms with Crippen molar-refractivity contribution in [2.45, 2.75) is 63.5 Å². The number of fused-ring (bicyclic) bond motifs is 1. The highest BCUT2D eigenvalue weighted by molar-refractivity contribution is 5.95. The minimum absolute atomic E-state index is 0.0603. The monoisotopic (exact) mass is 536 g/mol. The molecule has 4 rings (SSSR count). The van der Waals surface area contributed by atoms with Gasteiger partial charge in [-0.3, -0.25) is 9.59 Å². The molecule has 0 unspecified atom stereocenters. The third-order valence-electron chi connectivity index (χ3n) is 6.54. The summed E-state index contributed by atoms with van der Waals surface area (Å²) in [5.74, 6) is -3.21. The van der Waals surface area contributed by atoms with E-state index in [4.69, 9.17) is 19.7 Å². The Morgan fingerprint density at radius 2 is 1.87 bits per heavy atom. The number of hydrogen-bond acceptors (Lipinski definition) is 9. The highest BCUT2D eigenvalue weighted by atomic mass is 16.6. The minimum Gasteiger partial charge on any atom is -0.507 e. The first-order valence-electron chi connectivity index (χ1n) is 12.5. The molecule has 12 nitrogen and oxygen atoms in total. The normalized spacial score (nSPS) is 21.6. The third-order valence-corrected chi connectivity index (χ3v) is 6.54. The van der Waals surface area contributed by atoms with Gasteiger partial charge in [-0.25, -0.2) is 9.59 Å². The third kappa shape index (κ3) is 6.29. The number of carbonyl (C=O) groups is 4. The van der Waals surface area contributed by atoms with Gasteiger partial charge < -0.3 is 24.6 Å². The van der Waals surface area contributed by atoms with E-state index in [1.165, 1.54) is 18.2 Å². The lowest BCUT2D eigenvalue weighted by Gasteiger charge is -2.34. The van der Waals surface area contributed by atoms with Crippen LogP contribution in [0.2, 0.25) is 0 Å². The number of nitrogens with zero attached hydrogens (tertiary/aromatic N) is 3. The Morgan fingerprint density at radius 3 is 2.56 bits per heavy atom. The number of amides is 1. The van der Waals surface area contributed by atoms with Crippen LogP contribution < -0.4 is 5.32 Å². The summed E-state index contributed by atoms with van der Waals surface area (Å²) in [6.07, 6.45) is -3.46. The van der Waals surface area contributed by atoms with Crippen LogP contribution in [0.25, 0.3) is 10.4 Å². The maximum absolute atomic E-state index is 13.7. The number of esters is 3. The molecule has 0 spiro atoms. The fourth-order valence-electron chi connectivity index (χ4n) is 4.78.